The van der Waals surface area contributed by atoms with Crippen LogP contribution in [0, 0.1) is 5.41 Å². The topological polar surface area (TPSA) is 36.7 Å². The number of furan rings is 1. The first-order valence-electron chi connectivity index (χ1n) is 9.49. The number of carbonyl (C=O) groups excluding carboxylic acids is 1. The van der Waals surface area contributed by atoms with Crippen LogP contribution in [-0.2, 0) is 0 Å². The summed E-state index contributed by atoms with van der Waals surface area (Å²) in [4.78, 5) is 18.0. The summed E-state index contributed by atoms with van der Waals surface area (Å²) >= 11 is 1.55. The minimum absolute atomic E-state index is 0.218. The Morgan fingerprint density at radius 3 is 2.54 bits per heavy atom. The molecule has 0 unspecified atom stereocenters. The van der Waals surface area contributed by atoms with Gasteiger partial charge < -0.3 is 9.32 Å². The first-order chi connectivity index (χ1) is 12.7. The van der Waals surface area contributed by atoms with Crippen molar-refractivity contribution >= 4 is 23.3 Å². The monoisotopic (exact) mass is 370 g/mol. The van der Waals surface area contributed by atoms with E-state index in [1.807, 2.05) is 29.6 Å². The first-order valence-corrected chi connectivity index (χ1v) is 10.4. The van der Waals surface area contributed by atoms with Gasteiger partial charge in [0.25, 0.3) is 5.91 Å². The number of likely N-dealkylation sites (tertiary alicyclic amines) is 2. The van der Waals surface area contributed by atoms with E-state index >= 15 is 0 Å². The highest BCUT2D eigenvalue weighted by atomic mass is 32.1. The predicted octanol–water partition coefficient (Wildman–Crippen LogP) is 4.37. The molecule has 0 N–H and O–H groups in total. The Hall–Kier alpha value is -1.85. The smallest absolute Gasteiger partial charge is 0.263 e. The first kappa shape index (κ1) is 17.6. The zero-order chi connectivity index (χ0) is 17.8. The third-order valence-electron chi connectivity index (χ3n) is 5.95. The normalized spacial score (nSPS) is 20.8. The summed E-state index contributed by atoms with van der Waals surface area (Å²) in [6, 6.07) is 7.79. The number of rotatable bonds is 4. The molecule has 1 amide bonds. The van der Waals surface area contributed by atoms with Crippen LogP contribution in [0.25, 0.3) is 6.08 Å². The van der Waals surface area contributed by atoms with E-state index in [4.69, 9.17) is 4.42 Å². The molecule has 2 aromatic rings. The SMILES string of the molecule is O=C(c1cccs1)N1CCC2(CCN(C/C=C/c3ccco3)CC2)CC1. The molecule has 2 aliphatic heterocycles. The maximum atomic E-state index is 12.5. The zero-order valence-electron chi connectivity index (χ0n) is 15.1. The molecule has 0 aliphatic carbocycles. The summed E-state index contributed by atoms with van der Waals surface area (Å²) < 4.78 is 5.33. The Labute approximate surface area is 159 Å². The van der Waals surface area contributed by atoms with Crippen LogP contribution in [0.5, 0.6) is 0 Å². The van der Waals surface area contributed by atoms with Crippen LogP contribution in [0.3, 0.4) is 0 Å². The molecule has 138 valence electrons. The van der Waals surface area contributed by atoms with E-state index in [1.54, 1.807) is 17.6 Å². The lowest BCUT2D eigenvalue weighted by molar-refractivity contribution is 0.0329. The number of amides is 1. The van der Waals surface area contributed by atoms with E-state index in [9.17, 15) is 4.79 Å². The summed E-state index contributed by atoms with van der Waals surface area (Å²) in [5, 5.41) is 1.98. The Kier molecular flexibility index (Phi) is 5.27. The van der Waals surface area contributed by atoms with Crippen LogP contribution in [0.15, 0.2) is 46.4 Å². The Morgan fingerprint density at radius 1 is 1.12 bits per heavy atom. The van der Waals surface area contributed by atoms with Crippen molar-refractivity contribution in [3.63, 3.8) is 0 Å². The molecular weight excluding hydrogens is 344 g/mol. The maximum absolute atomic E-state index is 12.5. The summed E-state index contributed by atoms with van der Waals surface area (Å²) in [6.45, 7) is 5.12. The molecule has 2 aliphatic rings. The van der Waals surface area contributed by atoms with E-state index in [0.29, 0.717) is 5.41 Å². The van der Waals surface area contributed by atoms with Gasteiger partial charge in [-0.05, 0) is 73.8 Å². The molecule has 0 saturated carbocycles. The van der Waals surface area contributed by atoms with Crippen molar-refractivity contribution in [3.05, 3.63) is 52.6 Å². The van der Waals surface area contributed by atoms with Crippen LogP contribution in [0.2, 0.25) is 0 Å². The molecule has 1 spiro atoms. The van der Waals surface area contributed by atoms with Crippen molar-refractivity contribution in [3.8, 4) is 0 Å². The van der Waals surface area contributed by atoms with Crippen molar-refractivity contribution in [2.75, 3.05) is 32.7 Å². The molecule has 4 heterocycles. The molecule has 4 nitrogen and oxygen atoms in total. The number of hydrogen-bond donors (Lipinski definition) is 0. The van der Waals surface area contributed by atoms with Gasteiger partial charge in [0.05, 0.1) is 11.1 Å². The van der Waals surface area contributed by atoms with Crippen LogP contribution in [0.4, 0.5) is 0 Å². The maximum Gasteiger partial charge on any atom is 0.263 e. The van der Waals surface area contributed by atoms with Crippen molar-refractivity contribution < 1.29 is 9.21 Å². The van der Waals surface area contributed by atoms with Gasteiger partial charge in [-0.3, -0.25) is 9.69 Å². The molecule has 0 aromatic carbocycles. The van der Waals surface area contributed by atoms with Crippen molar-refractivity contribution in [1.82, 2.24) is 9.80 Å². The lowest BCUT2D eigenvalue weighted by Gasteiger charge is -2.46. The standard InChI is InChI=1S/C21H26N2O2S/c24-20(19-6-3-17-26-19)23-14-9-21(10-15-23)7-12-22(13-8-21)11-1-4-18-5-2-16-25-18/h1-6,16-17H,7-15H2/b4-1+. The average Bonchev–Trinajstić information content (AvgIpc) is 3.38. The van der Waals surface area contributed by atoms with E-state index in [1.165, 1.54) is 12.8 Å². The molecule has 0 radical (unpaired) electrons. The predicted molar refractivity (Wildman–Crippen MR) is 105 cm³/mol. The van der Waals surface area contributed by atoms with Crippen LogP contribution < -0.4 is 0 Å². The molecule has 2 fully saturated rings. The highest BCUT2D eigenvalue weighted by molar-refractivity contribution is 7.12. The minimum Gasteiger partial charge on any atom is -0.465 e. The number of carbonyl (C=O) groups is 1. The highest BCUT2D eigenvalue weighted by Gasteiger charge is 2.38. The van der Waals surface area contributed by atoms with Gasteiger partial charge >= 0.3 is 0 Å². The summed E-state index contributed by atoms with van der Waals surface area (Å²) in [7, 11) is 0. The second-order valence-corrected chi connectivity index (χ2v) is 8.44. The van der Waals surface area contributed by atoms with Gasteiger partial charge in [-0.25, -0.2) is 0 Å². The summed E-state index contributed by atoms with van der Waals surface area (Å²) in [5.41, 5.74) is 0.452. The van der Waals surface area contributed by atoms with E-state index < -0.39 is 0 Å². The molecular formula is C21H26N2O2S. The fraction of sp³-hybridized carbons (Fsp3) is 0.476. The third-order valence-corrected chi connectivity index (χ3v) is 6.81. The highest BCUT2D eigenvalue weighted by Crippen LogP contribution is 2.41. The quantitative estimate of drug-likeness (QED) is 0.802. The van der Waals surface area contributed by atoms with Gasteiger partial charge in [0.15, 0.2) is 0 Å². The summed E-state index contributed by atoms with van der Waals surface area (Å²) in [6.07, 6.45) is 10.8. The average molecular weight is 371 g/mol. The van der Waals surface area contributed by atoms with Crippen molar-refractivity contribution in [2.45, 2.75) is 25.7 Å². The van der Waals surface area contributed by atoms with Crippen molar-refractivity contribution in [2.24, 2.45) is 5.41 Å². The molecule has 4 rings (SSSR count). The van der Waals surface area contributed by atoms with E-state index in [-0.39, 0.29) is 5.91 Å². The Bertz CT molecular complexity index is 718. The number of thiophene rings is 1. The lowest BCUT2D eigenvalue weighted by Crippen LogP contribution is -2.48. The number of nitrogens with zero attached hydrogens (tertiary/aromatic N) is 2. The number of hydrogen-bond acceptors (Lipinski definition) is 4. The third kappa shape index (κ3) is 3.94. The molecule has 5 heteroatoms. The molecule has 26 heavy (non-hydrogen) atoms. The lowest BCUT2D eigenvalue weighted by atomic mass is 9.71. The number of piperidine rings is 2. The van der Waals surface area contributed by atoms with Crippen LogP contribution >= 0.6 is 11.3 Å². The fourth-order valence-corrected chi connectivity index (χ4v) is 4.85. The largest absolute Gasteiger partial charge is 0.465 e. The summed E-state index contributed by atoms with van der Waals surface area (Å²) in [5.74, 6) is 1.14. The van der Waals surface area contributed by atoms with E-state index in [0.717, 1.165) is 56.2 Å². The van der Waals surface area contributed by atoms with E-state index in [2.05, 4.69) is 22.0 Å². The van der Waals surface area contributed by atoms with Gasteiger partial charge in [-0.15, -0.1) is 11.3 Å². The van der Waals surface area contributed by atoms with Crippen LogP contribution in [0.1, 0.15) is 41.1 Å². The van der Waals surface area contributed by atoms with Gasteiger partial charge in [0.2, 0.25) is 0 Å². The fourth-order valence-electron chi connectivity index (χ4n) is 4.15. The second kappa shape index (κ2) is 7.80. The molecule has 2 aromatic heterocycles. The zero-order valence-corrected chi connectivity index (χ0v) is 15.9. The van der Waals surface area contributed by atoms with Gasteiger partial charge in [-0.1, -0.05) is 12.1 Å². The minimum atomic E-state index is 0.218. The molecule has 2 saturated heterocycles. The van der Waals surface area contributed by atoms with Crippen molar-refractivity contribution in [1.29, 1.82) is 0 Å². The van der Waals surface area contributed by atoms with Gasteiger partial charge in [-0.2, -0.15) is 0 Å². The second-order valence-electron chi connectivity index (χ2n) is 7.49. The molecule has 0 bridgehead atoms. The van der Waals surface area contributed by atoms with Crippen LogP contribution in [-0.4, -0.2) is 48.4 Å². The Morgan fingerprint density at radius 2 is 1.88 bits per heavy atom. The Balaban J connectivity index is 1.24. The molecule has 0 atom stereocenters. The van der Waals surface area contributed by atoms with Gasteiger partial charge in [0.1, 0.15) is 5.76 Å². The van der Waals surface area contributed by atoms with Gasteiger partial charge in [0, 0.05) is 19.6 Å².